The van der Waals surface area contributed by atoms with E-state index in [-0.39, 0.29) is 24.1 Å². The number of hydrogen-bond acceptors (Lipinski definition) is 4. The lowest BCUT2D eigenvalue weighted by molar-refractivity contribution is -0.122. The van der Waals surface area contributed by atoms with Gasteiger partial charge in [-0.25, -0.2) is 4.68 Å². The smallest absolute Gasteiger partial charge is 0.275 e. The van der Waals surface area contributed by atoms with Crippen LogP contribution in [0.15, 0.2) is 53.3 Å². The maximum absolute atomic E-state index is 12.9. The SMILES string of the molecule is Cc1ccc(-c2nn(CC(=O)NC[C@H]3CCCO3)c(=O)c3ccccc23)cc1. The number of nitrogens with zero attached hydrogens (tertiary/aromatic N) is 2. The molecule has 1 N–H and O–H groups in total. The molecule has 1 aromatic heterocycles. The van der Waals surface area contributed by atoms with Crippen molar-refractivity contribution in [3.8, 4) is 11.3 Å². The van der Waals surface area contributed by atoms with E-state index in [4.69, 9.17) is 4.74 Å². The largest absolute Gasteiger partial charge is 0.376 e. The average molecular weight is 377 g/mol. The van der Waals surface area contributed by atoms with Gasteiger partial charge in [-0.05, 0) is 25.8 Å². The summed E-state index contributed by atoms with van der Waals surface area (Å²) < 4.78 is 6.77. The van der Waals surface area contributed by atoms with Crippen molar-refractivity contribution in [1.29, 1.82) is 0 Å². The summed E-state index contributed by atoms with van der Waals surface area (Å²) in [6.45, 7) is 3.11. The zero-order valence-electron chi connectivity index (χ0n) is 15.9. The molecule has 0 radical (unpaired) electrons. The average Bonchev–Trinajstić information content (AvgIpc) is 3.23. The second-order valence-corrected chi connectivity index (χ2v) is 7.16. The molecule has 0 bridgehead atoms. The number of ether oxygens (including phenoxy) is 1. The summed E-state index contributed by atoms with van der Waals surface area (Å²) in [7, 11) is 0. The molecule has 6 heteroatoms. The van der Waals surface area contributed by atoms with Crippen LogP contribution in [0.25, 0.3) is 22.0 Å². The Morgan fingerprint density at radius 3 is 2.64 bits per heavy atom. The highest BCUT2D eigenvalue weighted by molar-refractivity contribution is 5.93. The second-order valence-electron chi connectivity index (χ2n) is 7.16. The van der Waals surface area contributed by atoms with E-state index in [1.807, 2.05) is 49.4 Å². The van der Waals surface area contributed by atoms with E-state index >= 15 is 0 Å². The van der Waals surface area contributed by atoms with Crippen LogP contribution >= 0.6 is 0 Å². The second kappa shape index (κ2) is 7.94. The van der Waals surface area contributed by atoms with Gasteiger partial charge in [-0.2, -0.15) is 5.10 Å². The molecule has 4 rings (SSSR count). The minimum atomic E-state index is -0.265. The van der Waals surface area contributed by atoms with Gasteiger partial charge in [-0.1, -0.05) is 48.0 Å². The highest BCUT2D eigenvalue weighted by Gasteiger charge is 2.18. The van der Waals surface area contributed by atoms with Crippen molar-refractivity contribution in [2.45, 2.75) is 32.4 Å². The van der Waals surface area contributed by atoms with E-state index in [9.17, 15) is 9.59 Å². The standard InChI is InChI=1S/C22H23N3O3/c1-15-8-10-16(11-9-15)21-18-6-2-3-7-19(18)22(27)25(24-21)14-20(26)23-13-17-5-4-12-28-17/h2-3,6-11,17H,4-5,12-14H2,1H3,(H,23,26)/t17-/m1/s1. The van der Waals surface area contributed by atoms with Crippen molar-refractivity contribution in [1.82, 2.24) is 15.1 Å². The van der Waals surface area contributed by atoms with E-state index in [2.05, 4.69) is 10.4 Å². The molecule has 1 aliphatic heterocycles. The Labute approximate surface area is 163 Å². The van der Waals surface area contributed by atoms with Gasteiger partial charge < -0.3 is 10.1 Å². The lowest BCUT2D eigenvalue weighted by Crippen LogP contribution is -2.37. The van der Waals surface area contributed by atoms with Gasteiger partial charge in [0.1, 0.15) is 6.54 Å². The number of carbonyl (C=O) groups excluding carboxylic acids is 1. The summed E-state index contributed by atoms with van der Waals surface area (Å²) in [4.78, 5) is 25.2. The predicted molar refractivity (Wildman–Crippen MR) is 108 cm³/mol. The molecule has 28 heavy (non-hydrogen) atoms. The first kappa shape index (κ1) is 18.4. The Morgan fingerprint density at radius 2 is 1.93 bits per heavy atom. The van der Waals surface area contributed by atoms with Gasteiger partial charge in [0.15, 0.2) is 0 Å². The zero-order valence-corrected chi connectivity index (χ0v) is 15.9. The third-order valence-electron chi connectivity index (χ3n) is 5.04. The predicted octanol–water partition coefficient (Wildman–Crippen LogP) is 2.67. The number of hydrogen-bond donors (Lipinski definition) is 1. The number of amides is 1. The van der Waals surface area contributed by atoms with Gasteiger partial charge in [-0.15, -0.1) is 0 Å². The van der Waals surface area contributed by atoms with Gasteiger partial charge in [0.05, 0.1) is 17.2 Å². The number of fused-ring (bicyclic) bond motifs is 1. The summed E-state index contributed by atoms with van der Waals surface area (Å²) in [5.41, 5.74) is 2.49. The Hall–Kier alpha value is -2.99. The van der Waals surface area contributed by atoms with Crippen LogP contribution in [0.1, 0.15) is 18.4 Å². The van der Waals surface area contributed by atoms with E-state index in [0.29, 0.717) is 17.6 Å². The van der Waals surface area contributed by atoms with Crippen LogP contribution in [-0.2, 0) is 16.1 Å². The number of aryl methyl sites for hydroxylation is 1. The first-order valence-corrected chi connectivity index (χ1v) is 9.57. The van der Waals surface area contributed by atoms with Crippen molar-refractivity contribution >= 4 is 16.7 Å². The fourth-order valence-corrected chi connectivity index (χ4v) is 3.49. The lowest BCUT2D eigenvalue weighted by atomic mass is 10.0. The molecule has 0 spiro atoms. The molecule has 2 heterocycles. The third kappa shape index (κ3) is 3.82. The monoisotopic (exact) mass is 377 g/mol. The molecular formula is C22H23N3O3. The first-order valence-electron chi connectivity index (χ1n) is 9.57. The normalized spacial score (nSPS) is 16.4. The van der Waals surface area contributed by atoms with E-state index in [1.165, 1.54) is 4.68 Å². The molecule has 1 fully saturated rings. The first-order chi connectivity index (χ1) is 13.6. The van der Waals surface area contributed by atoms with Crippen LogP contribution in [0.3, 0.4) is 0 Å². The summed E-state index contributed by atoms with van der Waals surface area (Å²) in [6.07, 6.45) is 2.03. The molecule has 1 atom stereocenters. The fourth-order valence-electron chi connectivity index (χ4n) is 3.49. The lowest BCUT2D eigenvalue weighted by Gasteiger charge is -2.13. The van der Waals surface area contributed by atoms with Gasteiger partial charge in [0.2, 0.25) is 5.91 Å². The molecule has 0 aliphatic carbocycles. The third-order valence-corrected chi connectivity index (χ3v) is 5.04. The van der Waals surface area contributed by atoms with Crippen molar-refractivity contribution in [2.24, 2.45) is 0 Å². The van der Waals surface area contributed by atoms with Gasteiger partial charge in [0.25, 0.3) is 5.56 Å². The molecule has 3 aromatic rings. The Kier molecular flexibility index (Phi) is 5.21. The van der Waals surface area contributed by atoms with E-state index in [0.717, 1.165) is 36.0 Å². The molecule has 1 amide bonds. The number of nitrogens with one attached hydrogen (secondary N) is 1. The van der Waals surface area contributed by atoms with Crippen molar-refractivity contribution < 1.29 is 9.53 Å². The van der Waals surface area contributed by atoms with Crippen molar-refractivity contribution in [2.75, 3.05) is 13.2 Å². The van der Waals surface area contributed by atoms with Crippen LogP contribution in [0.5, 0.6) is 0 Å². The highest BCUT2D eigenvalue weighted by Crippen LogP contribution is 2.24. The van der Waals surface area contributed by atoms with Crippen LogP contribution in [-0.4, -0.2) is 34.9 Å². The molecule has 1 saturated heterocycles. The van der Waals surface area contributed by atoms with Crippen LogP contribution < -0.4 is 10.9 Å². The molecule has 2 aromatic carbocycles. The summed E-state index contributed by atoms with van der Waals surface area (Å²) >= 11 is 0. The van der Waals surface area contributed by atoms with Crippen LogP contribution in [0.2, 0.25) is 0 Å². The number of rotatable bonds is 5. The molecule has 0 saturated carbocycles. The maximum Gasteiger partial charge on any atom is 0.275 e. The van der Waals surface area contributed by atoms with Crippen LogP contribution in [0, 0.1) is 6.92 Å². The number of carbonyl (C=O) groups is 1. The molecule has 1 aliphatic rings. The summed E-state index contributed by atoms with van der Waals surface area (Å²) in [6, 6.07) is 15.4. The Bertz CT molecular complexity index is 1050. The van der Waals surface area contributed by atoms with E-state index < -0.39 is 0 Å². The Balaban J connectivity index is 1.66. The van der Waals surface area contributed by atoms with Gasteiger partial charge in [0, 0.05) is 24.1 Å². The van der Waals surface area contributed by atoms with Crippen molar-refractivity contribution in [3.63, 3.8) is 0 Å². The topological polar surface area (TPSA) is 73.2 Å². The quantitative estimate of drug-likeness (QED) is 0.742. The van der Waals surface area contributed by atoms with Crippen molar-refractivity contribution in [3.05, 3.63) is 64.4 Å². The van der Waals surface area contributed by atoms with Crippen LogP contribution in [0.4, 0.5) is 0 Å². The molecule has 6 nitrogen and oxygen atoms in total. The maximum atomic E-state index is 12.9. The summed E-state index contributed by atoms with van der Waals surface area (Å²) in [5, 5.41) is 8.72. The molecule has 144 valence electrons. The summed E-state index contributed by atoms with van der Waals surface area (Å²) in [5.74, 6) is -0.241. The zero-order chi connectivity index (χ0) is 19.5. The van der Waals surface area contributed by atoms with E-state index in [1.54, 1.807) is 6.07 Å². The number of aromatic nitrogens is 2. The molecule has 0 unspecified atom stereocenters. The number of benzene rings is 2. The highest BCUT2D eigenvalue weighted by atomic mass is 16.5. The minimum Gasteiger partial charge on any atom is -0.376 e. The van der Waals surface area contributed by atoms with Gasteiger partial charge in [-0.3, -0.25) is 9.59 Å². The Morgan fingerprint density at radius 1 is 1.18 bits per heavy atom. The van der Waals surface area contributed by atoms with Gasteiger partial charge >= 0.3 is 0 Å². The fraction of sp³-hybridized carbons (Fsp3) is 0.318. The minimum absolute atomic E-state index is 0.0633. The molecular weight excluding hydrogens is 354 g/mol.